The van der Waals surface area contributed by atoms with Crippen molar-refractivity contribution in [3.05, 3.63) is 143 Å². The van der Waals surface area contributed by atoms with Crippen LogP contribution in [0.1, 0.15) is 107 Å². The number of unbranched alkanes of at least 4 members (excludes halogenated alkanes) is 9. The SMILES string of the molecule is C[N+](C)(CCCCCCCCCCCC[N+](C)(C)CCN=C([O-])c1ccc(C(=O)c2ccccc2)cc1)CCN=C([O-])c1ccc(C(=O)c2ccccc2)cc1. The monoisotopic (exact) mass is 758 g/mol. The Bertz CT molecular complexity index is 1700. The minimum atomic E-state index is -0.233. The number of benzene rings is 4. The molecule has 8 nitrogen and oxygen atoms in total. The minimum absolute atomic E-state index is 0.0551. The number of ketones is 2. The maximum Gasteiger partial charge on any atom is 0.193 e. The quantitative estimate of drug-likeness (QED) is 0.0236. The standard InChI is InChI=1S/C48H62N4O4/c1-51(2,37-33-49-47(55)43-29-25-41(26-30-43)45(53)39-21-15-13-16-22-39)35-19-11-9-7-5-6-8-10-12-20-36-52(3,4)38-34-50-48(56)44-31-27-42(28-32-44)46(54)40-23-17-14-18-24-40/h13-18,21-32H,5-12,19-20,33-38H2,1-4H3. The van der Waals surface area contributed by atoms with Crippen molar-refractivity contribution >= 4 is 23.4 Å². The lowest BCUT2D eigenvalue weighted by atomic mass is 10.0. The van der Waals surface area contributed by atoms with Gasteiger partial charge >= 0.3 is 0 Å². The largest absolute Gasteiger partial charge is 0.858 e. The molecule has 0 bridgehead atoms. The first kappa shape index (κ1) is 43.8. The lowest BCUT2D eigenvalue weighted by Crippen LogP contribution is -2.42. The maximum absolute atomic E-state index is 12.6. The Morgan fingerprint density at radius 2 is 0.661 bits per heavy atom. The van der Waals surface area contributed by atoms with Crippen molar-refractivity contribution in [3.8, 4) is 0 Å². The molecule has 0 aliphatic rings. The number of aliphatic imine (C=N–C) groups is 2. The molecule has 0 spiro atoms. The minimum Gasteiger partial charge on any atom is -0.858 e. The van der Waals surface area contributed by atoms with Crippen LogP contribution in [-0.4, -0.2) is 99.8 Å². The number of nitrogens with zero attached hydrogens (tertiary/aromatic N) is 4. The van der Waals surface area contributed by atoms with E-state index in [0.29, 0.717) is 46.5 Å². The van der Waals surface area contributed by atoms with Gasteiger partial charge in [-0.15, -0.1) is 0 Å². The number of likely N-dealkylation sites (N-methyl/N-ethyl adjacent to an activating group) is 2. The van der Waals surface area contributed by atoms with E-state index in [1.807, 2.05) is 36.4 Å². The Balaban J connectivity index is 0.987. The zero-order chi connectivity index (χ0) is 40.2. The fourth-order valence-corrected chi connectivity index (χ4v) is 6.79. The zero-order valence-corrected chi connectivity index (χ0v) is 34.1. The van der Waals surface area contributed by atoms with Gasteiger partial charge < -0.3 is 19.2 Å². The topological polar surface area (TPSA) is 105 Å². The third-order valence-electron chi connectivity index (χ3n) is 10.6. The molecule has 0 saturated heterocycles. The van der Waals surface area contributed by atoms with E-state index in [9.17, 15) is 19.8 Å². The fraction of sp³-hybridized carbons (Fsp3) is 0.417. The zero-order valence-electron chi connectivity index (χ0n) is 34.1. The van der Waals surface area contributed by atoms with Crippen LogP contribution in [0, 0.1) is 0 Å². The van der Waals surface area contributed by atoms with Crippen LogP contribution in [0.2, 0.25) is 0 Å². The number of hydrogen-bond acceptors (Lipinski definition) is 6. The Hall–Kier alpha value is -4.92. The molecule has 0 aliphatic carbocycles. The molecule has 0 atom stereocenters. The molecule has 0 aromatic heterocycles. The van der Waals surface area contributed by atoms with E-state index in [1.165, 1.54) is 64.2 Å². The van der Waals surface area contributed by atoms with Gasteiger partial charge in [-0.05, 0) is 48.6 Å². The first-order valence-corrected chi connectivity index (χ1v) is 20.4. The molecule has 0 unspecified atom stereocenters. The van der Waals surface area contributed by atoms with E-state index in [4.69, 9.17) is 0 Å². The van der Waals surface area contributed by atoms with Crippen molar-refractivity contribution in [1.29, 1.82) is 0 Å². The second-order valence-electron chi connectivity index (χ2n) is 16.2. The molecular formula is C48H62N4O4. The van der Waals surface area contributed by atoms with Crippen LogP contribution < -0.4 is 10.2 Å². The lowest BCUT2D eigenvalue weighted by molar-refractivity contribution is -0.889. The normalized spacial score (nSPS) is 12.5. The summed E-state index contributed by atoms with van der Waals surface area (Å²) < 4.78 is 1.69. The first-order valence-electron chi connectivity index (χ1n) is 20.4. The van der Waals surface area contributed by atoms with E-state index in [0.717, 1.165) is 35.1 Å². The molecule has 298 valence electrons. The Kier molecular flexibility index (Phi) is 17.7. The molecule has 0 aliphatic heterocycles. The average Bonchev–Trinajstić information content (AvgIpc) is 3.21. The Morgan fingerprint density at radius 3 is 0.982 bits per heavy atom. The second kappa shape index (κ2) is 22.6. The average molecular weight is 759 g/mol. The number of rotatable bonds is 25. The predicted molar refractivity (Wildman–Crippen MR) is 225 cm³/mol. The van der Waals surface area contributed by atoms with Gasteiger partial charge in [0.1, 0.15) is 0 Å². The van der Waals surface area contributed by atoms with E-state index >= 15 is 0 Å². The van der Waals surface area contributed by atoms with Gasteiger partial charge in [0.25, 0.3) is 0 Å². The van der Waals surface area contributed by atoms with Gasteiger partial charge in [-0.1, -0.05) is 148 Å². The van der Waals surface area contributed by atoms with Gasteiger partial charge in [0.15, 0.2) is 11.6 Å². The maximum atomic E-state index is 12.6. The van der Waals surface area contributed by atoms with Crippen molar-refractivity contribution in [3.63, 3.8) is 0 Å². The van der Waals surface area contributed by atoms with Gasteiger partial charge in [0, 0.05) is 22.3 Å². The third kappa shape index (κ3) is 15.3. The van der Waals surface area contributed by atoms with Crippen molar-refractivity contribution in [2.24, 2.45) is 9.98 Å². The number of hydrogen-bond donors (Lipinski definition) is 0. The van der Waals surface area contributed by atoms with Crippen molar-refractivity contribution in [1.82, 2.24) is 0 Å². The van der Waals surface area contributed by atoms with Gasteiger partial charge in [-0.25, -0.2) is 0 Å². The highest BCUT2D eigenvalue weighted by Gasteiger charge is 2.15. The number of carbonyl (C=O) groups excluding carboxylic acids is 2. The van der Waals surface area contributed by atoms with Crippen LogP contribution in [0.5, 0.6) is 0 Å². The third-order valence-corrected chi connectivity index (χ3v) is 10.6. The van der Waals surface area contributed by atoms with E-state index in [1.54, 1.807) is 72.8 Å². The van der Waals surface area contributed by atoms with Crippen molar-refractivity contribution < 1.29 is 28.8 Å². The lowest BCUT2D eigenvalue weighted by Gasteiger charge is -2.29. The summed E-state index contributed by atoms with van der Waals surface area (Å²) in [7, 11) is 8.83. The van der Waals surface area contributed by atoms with Crippen LogP contribution in [0.3, 0.4) is 0 Å². The van der Waals surface area contributed by atoms with Crippen molar-refractivity contribution in [2.45, 2.75) is 64.2 Å². The van der Waals surface area contributed by atoms with Crippen molar-refractivity contribution in [2.75, 3.05) is 67.5 Å². The molecule has 0 fully saturated rings. The summed E-state index contributed by atoms with van der Waals surface area (Å²) in [6.45, 7) is 4.76. The van der Waals surface area contributed by atoms with E-state index in [-0.39, 0.29) is 23.4 Å². The highest BCUT2D eigenvalue weighted by atomic mass is 16.3. The summed E-state index contributed by atoms with van der Waals surface area (Å²) in [5, 5.41) is 25.3. The number of quaternary nitrogens is 2. The van der Waals surface area contributed by atoms with Crippen LogP contribution >= 0.6 is 0 Å². The van der Waals surface area contributed by atoms with Crippen LogP contribution in [0.15, 0.2) is 119 Å². The molecular weight excluding hydrogens is 697 g/mol. The molecule has 4 aromatic carbocycles. The molecule has 0 radical (unpaired) electrons. The highest BCUT2D eigenvalue weighted by molar-refractivity contribution is 6.10. The van der Waals surface area contributed by atoms with E-state index in [2.05, 4.69) is 38.2 Å². The smallest absolute Gasteiger partial charge is 0.193 e. The summed E-state index contributed by atoms with van der Waals surface area (Å²) in [5.41, 5.74) is 3.41. The fourth-order valence-electron chi connectivity index (χ4n) is 6.79. The molecule has 8 heteroatoms. The number of carbonyl (C=O) groups is 2. The van der Waals surface area contributed by atoms with Gasteiger partial charge in [-0.3, -0.25) is 19.6 Å². The Labute approximate surface area is 335 Å². The van der Waals surface area contributed by atoms with Gasteiger partial charge in [0.05, 0.1) is 67.5 Å². The summed E-state index contributed by atoms with van der Waals surface area (Å²) in [6.07, 6.45) is 12.5. The van der Waals surface area contributed by atoms with Gasteiger partial charge in [-0.2, -0.15) is 0 Å². The summed E-state index contributed by atoms with van der Waals surface area (Å²) >= 11 is 0. The molecule has 0 amide bonds. The summed E-state index contributed by atoms with van der Waals surface area (Å²) in [4.78, 5) is 33.9. The van der Waals surface area contributed by atoms with Crippen LogP contribution in [-0.2, 0) is 0 Å². The van der Waals surface area contributed by atoms with E-state index < -0.39 is 0 Å². The first-order chi connectivity index (χ1) is 26.9. The molecule has 56 heavy (non-hydrogen) atoms. The molecule has 0 N–H and O–H groups in total. The summed E-state index contributed by atoms with van der Waals surface area (Å²) in [5.74, 6) is -0.577. The Morgan fingerprint density at radius 1 is 0.393 bits per heavy atom. The van der Waals surface area contributed by atoms with Crippen LogP contribution in [0.4, 0.5) is 0 Å². The summed E-state index contributed by atoms with van der Waals surface area (Å²) in [6, 6.07) is 31.9. The molecule has 0 saturated carbocycles. The second-order valence-corrected chi connectivity index (χ2v) is 16.2. The van der Waals surface area contributed by atoms with Crippen LogP contribution in [0.25, 0.3) is 0 Å². The highest BCUT2D eigenvalue weighted by Crippen LogP contribution is 2.15. The molecule has 4 aromatic rings. The predicted octanol–water partition coefficient (Wildman–Crippen LogP) is 7.12. The molecule has 0 heterocycles. The molecule has 4 rings (SSSR count). The van der Waals surface area contributed by atoms with Gasteiger partial charge in [0.2, 0.25) is 0 Å².